The van der Waals surface area contributed by atoms with E-state index in [4.69, 9.17) is 27.4 Å². The number of carbonyl (C=O) groups is 2. The molecule has 2 atom stereocenters. The first-order valence-corrected chi connectivity index (χ1v) is 11.7. The molecule has 34 heavy (non-hydrogen) atoms. The van der Waals surface area contributed by atoms with Crippen LogP contribution < -0.4 is 27.2 Å². The average molecular weight is 495 g/mol. The van der Waals surface area contributed by atoms with E-state index in [9.17, 15) is 18.0 Å². The number of nitrogens with one attached hydrogen (secondary N) is 2. The Morgan fingerprint density at radius 3 is 2.09 bits per heavy atom. The van der Waals surface area contributed by atoms with Crippen molar-refractivity contribution in [1.82, 2.24) is 10.0 Å². The van der Waals surface area contributed by atoms with Gasteiger partial charge in [0.15, 0.2) is 5.96 Å². The standard InChI is InChI=1S/C11H17N5O.C10H13NO5S/c1-7(12)10(17)15-6-8-2-4-9(5-3-8)16-11(13)14;12-6-9(10(13)14)11-17(15,16)7-8-4-2-1-3-5-8/h2-5,7H,6,12H2,1H3,(H,15,17)(H4,13,14,16);1-5,9,11-12H,6-7H2,(H,13,14)/t7-;9-/m01/s1. The number of guanidine groups is 1. The van der Waals surface area contributed by atoms with E-state index in [1.54, 1.807) is 49.4 Å². The van der Waals surface area contributed by atoms with Gasteiger partial charge in [-0.2, -0.15) is 4.72 Å². The Bertz CT molecular complexity index is 1050. The summed E-state index contributed by atoms with van der Waals surface area (Å²) in [5, 5.41) is 20.0. The topological polar surface area (TPSA) is 223 Å². The van der Waals surface area contributed by atoms with Crippen molar-refractivity contribution < 1.29 is 28.2 Å². The molecule has 13 heteroatoms. The maximum absolute atomic E-state index is 11.6. The molecule has 0 heterocycles. The first-order chi connectivity index (χ1) is 15.9. The summed E-state index contributed by atoms with van der Waals surface area (Å²) < 4.78 is 25.1. The zero-order valence-corrected chi connectivity index (χ0v) is 19.4. The molecular weight excluding hydrogens is 464 g/mol. The summed E-state index contributed by atoms with van der Waals surface area (Å²) in [6, 6.07) is 13.6. The smallest absolute Gasteiger partial charge is 0.324 e. The maximum Gasteiger partial charge on any atom is 0.324 e. The molecule has 0 saturated heterocycles. The van der Waals surface area contributed by atoms with E-state index >= 15 is 0 Å². The van der Waals surface area contributed by atoms with Crippen molar-refractivity contribution in [2.75, 3.05) is 6.61 Å². The van der Waals surface area contributed by atoms with Crippen LogP contribution in [-0.2, 0) is 31.9 Å². The molecule has 2 aromatic rings. The number of sulfonamides is 1. The van der Waals surface area contributed by atoms with Gasteiger partial charge in [-0.1, -0.05) is 42.5 Å². The van der Waals surface area contributed by atoms with Gasteiger partial charge in [-0.25, -0.2) is 13.4 Å². The number of rotatable bonds is 10. The number of aliphatic hydroxyl groups excluding tert-OH is 1. The Hall–Kier alpha value is -3.52. The van der Waals surface area contributed by atoms with Gasteiger partial charge in [-0.05, 0) is 30.2 Å². The fraction of sp³-hybridized carbons (Fsp3) is 0.286. The molecular formula is C21H30N6O6S. The van der Waals surface area contributed by atoms with Gasteiger partial charge in [0.2, 0.25) is 15.9 Å². The second kappa shape index (κ2) is 13.9. The predicted molar refractivity (Wildman–Crippen MR) is 128 cm³/mol. The lowest BCUT2D eigenvalue weighted by Gasteiger charge is -2.12. The molecule has 0 aliphatic heterocycles. The summed E-state index contributed by atoms with van der Waals surface area (Å²) in [4.78, 5) is 25.7. The first-order valence-electron chi connectivity index (χ1n) is 10.0. The number of carboxylic acid groups (broad SMARTS) is 1. The van der Waals surface area contributed by atoms with Crippen LogP contribution in [0, 0.1) is 0 Å². The van der Waals surface area contributed by atoms with Crippen molar-refractivity contribution in [3.63, 3.8) is 0 Å². The van der Waals surface area contributed by atoms with Gasteiger partial charge in [0.05, 0.1) is 24.1 Å². The molecule has 0 bridgehead atoms. The van der Waals surface area contributed by atoms with E-state index in [0.717, 1.165) is 5.56 Å². The molecule has 0 aliphatic rings. The third-order valence-corrected chi connectivity index (χ3v) is 5.43. The van der Waals surface area contributed by atoms with Crippen molar-refractivity contribution in [3.05, 3.63) is 65.7 Å². The SMILES string of the molecule is C[C@H](N)C(=O)NCc1ccc(N=C(N)N)cc1.O=C(O)[C@@H](CO)NS(=O)(=O)Cc1ccccc1. The minimum absolute atomic E-state index is 0.0167. The van der Waals surface area contributed by atoms with E-state index in [1.807, 2.05) is 16.9 Å². The predicted octanol–water partition coefficient (Wildman–Crippen LogP) is -0.894. The molecule has 12 nitrogen and oxygen atoms in total. The largest absolute Gasteiger partial charge is 0.480 e. The number of aliphatic hydroxyl groups is 1. The van der Waals surface area contributed by atoms with Crippen LogP contribution in [0.3, 0.4) is 0 Å². The highest BCUT2D eigenvalue weighted by atomic mass is 32.2. The van der Waals surface area contributed by atoms with Crippen molar-refractivity contribution in [1.29, 1.82) is 0 Å². The quantitative estimate of drug-likeness (QED) is 0.160. The van der Waals surface area contributed by atoms with E-state index in [-0.39, 0.29) is 17.6 Å². The van der Waals surface area contributed by atoms with Gasteiger partial charge in [-0.3, -0.25) is 9.59 Å². The molecule has 0 aliphatic carbocycles. The molecule has 10 N–H and O–H groups in total. The third-order valence-electron chi connectivity index (χ3n) is 4.08. The summed E-state index contributed by atoms with van der Waals surface area (Å²) in [5.41, 5.74) is 18.1. The number of aliphatic imine (C=N–C) groups is 1. The molecule has 186 valence electrons. The Morgan fingerprint density at radius 1 is 1.03 bits per heavy atom. The van der Waals surface area contributed by atoms with Gasteiger partial charge in [0.25, 0.3) is 0 Å². The van der Waals surface area contributed by atoms with Crippen LogP contribution in [0.25, 0.3) is 0 Å². The highest BCUT2D eigenvalue weighted by Gasteiger charge is 2.23. The molecule has 0 spiro atoms. The summed E-state index contributed by atoms with van der Waals surface area (Å²) in [7, 11) is -3.78. The number of hydrogen-bond donors (Lipinski definition) is 7. The van der Waals surface area contributed by atoms with Gasteiger partial charge in [-0.15, -0.1) is 0 Å². The van der Waals surface area contributed by atoms with Crippen LogP contribution in [0.5, 0.6) is 0 Å². The van der Waals surface area contributed by atoms with E-state index < -0.39 is 34.7 Å². The monoisotopic (exact) mass is 494 g/mol. The number of amides is 1. The highest BCUT2D eigenvalue weighted by Crippen LogP contribution is 2.12. The molecule has 2 aromatic carbocycles. The number of hydrogen-bond acceptors (Lipinski definition) is 7. The van der Waals surface area contributed by atoms with Crippen molar-refractivity contribution in [2.24, 2.45) is 22.2 Å². The Balaban J connectivity index is 0.000000340. The highest BCUT2D eigenvalue weighted by molar-refractivity contribution is 7.88. The second-order valence-corrected chi connectivity index (χ2v) is 8.90. The van der Waals surface area contributed by atoms with Crippen molar-refractivity contribution in [2.45, 2.75) is 31.3 Å². The summed E-state index contributed by atoms with van der Waals surface area (Å²) in [6.45, 7) is 1.28. The number of benzene rings is 2. The van der Waals surface area contributed by atoms with E-state index in [1.165, 1.54) is 0 Å². The average Bonchev–Trinajstić information content (AvgIpc) is 2.77. The number of aliphatic carboxylic acids is 1. The van der Waals surface area contributed by atoms with Crippen LogP contribution in [0.2, 0.25) is 0 Å². The van der Waals surface area contributed by atoms with Crippen LogP contribution in [0.15, 0.2) is 59.6 Å². The molecule has 0 unspecified atom stereocenters. The normalized spacial score (nSPS) is 12.4. The number of carbonyl (C=O) groups excluding carboxylic acids is 1. The fourth-order valence-corrected chi connectivity index (χ4v) is 3.73. The molecule has 0 aromatic heterocycles. The zero-order chi connectivity index (χ0) is 25.7. The molecule has 0 saturated carbocycles. The van der Waals surface area contributed by atoms with Gasteiger partial charge in [0, 0.05) is 6.54 Å². The van der Waals surface area contributed by atoms with E-state index in [0.29, 0.717) is 17.8 Å². The maximum atomic E-state index is 11.6. The Kier molecular flexibility index (Phi) is 11.7. The first kappa shape index (κ1) is 28.5. The van der Waals surface area contributed by atoms with Crippen molar-refractivity contribution in [3.8, 4) is 0 Å². The summed E-state index contributed by atoms with van der Waals surface area (Å²) in [5.74, 6) is -1.90. The molecule has 0 fully saturated rings. The second-order valence-electron chi connectivity index (χ2n) is 7.15. The number of nitrogens with two attached hydrogens (primary N) is 3. The summed E-state index contributed by atoms with van der Waals surface area (Å²) >= 11 is 0. The fourth-order valence-electron chi connectivity index (χ4n) is 2.41. The molecule has 2 rings (SSSR count). The lowest BCUT2D eigenvalue weighted by atomic mass is 10.2. The minimum atomic E-state index is -3.78. The number of nitrogens with zero attached hydrogens (tertiary/aromatic N) is 1. The Labute approximate surface area is 197 Å². The molecule has 1 amide bonds. The van der Waals surface area contributed by atoms with Crippen molar-refractivity contribution >= 4 is 33.5 Å². The van der Waals surface area contributed by atoms with Gasteiger partial charge in [0.1, 0.15) is 6.04 Å². The third kappa shape index (κ3) is 11.4. The van der Waals surface area contributed by atoms with Crippen LogP contribution in [0.4, 0.5) is 5.69 Å². The van der Waals surface area contributed by atoms with Crippen LogP contribution >= 0.6 is 0 Å². The zero-order valence-electron chi connectivity index (χ0n) is 18.6. The van der Waals surface area contributed by atoms with Crippen LogP contribution in [0.1, 0.15) is 18.1 Å². The lowest BCUT2D eigenvalue weighted by molar-refractivity contribution is -0.139. The van der Waals surface area contributed by atoms with E-state index in [2.05, 4.69) is 10.3 Å². The molecule has 0 radical (unpaired) electrons. The lowest BCUT2D eigenvalue weighted by Crippen LogP contribution is -2.43. The summed E-state index contributed by atoms with van der Waals surface area (Å²) in [6.07, 6.45) is 0. The Morgan fingerprint density at radius 2 is 1.62 bits per heavy atom. The van der Waals surface area contributed by atoms with Gasteiger partial charge >= 0.3 is 5.97 Å². The number of carboxylic acids is 1. The minimum Gasteiger partial charge on any atom is -0.480 e. The van der Waals surface area contributed by atoms with Gasteiger partial charge < -0.3 is 32.7 Å². The van der Waals surface area contributed by atoms with Crippen LogP contribution in [-0.4, -0.2) is 55.2 Å².